The van der Waals surface area contributed by atoms with Crippen LogP contribution in [0.1, 0.15) is 57.4 Å². The lowest BCUT2D eigenvalue weighted by Gasteiger charge is -2.26. The molecule has 0 unspecified atom stereocenters. The van der Waals surface area contributed by atoms with Gasteiger partial charge in [0.25, 0.3) is 0 Å². The zero-order chi connectivity index (χ0) is 16.1. The molecule has 0 radical (unpaired) electrons. The van der Waals surface area contributed by atoms with Crippen molar-refractivity contribution in [3.05, 3.63) is 54.1 Å². The van der Waals surface area contributed by atoms with Crippen molar-refractivity contribution in [3.8, 4) is 16.9 Å². The van der Waals surface area contributed by atoms with Crippen LogP contribution in [0.15, 0.2) is 48.5 Å². The molecular formula is C22H28O. The molecule has 0 aromatic heterocycles. The molecule has 0 atom stereocenters. The maximum atomic E-state index is 5.65. The van der Waals surface area contributed by atoms with E-state index in [9.17, 15) is 0 Å². The van der Waals surface area contributed by atoms with E-state index in [2.05, 4.69) is 62.4 Å². The molecule has 1 aliphatic rings. The van der Waals surface area contributed by atoms with Crippen LogP contribution in [-0.4, -0.2) is 6.61 Å². The first-order chi connectivity index (χ1) is 11.3. The predicted molar refractivity (Wildman–Crippen MR) is 98.0 cm³/mol. The maximum absolute atomic E-state index is 5.65. The molecule has 3 rings (SSSR count). The molecule has 2 aromatic carbocycles. The van der Waals surface area contributed by atoms with Gasteiger partial charge in [0.15, 0.2) is 0 Å². The lowest BCUT2D eigenvalue weighted by atomic mass is 9.79. The summed E-state index contributed by atoms with van der Waals surface area (Å²) in [6, 6.07) is 17.7. The van der Waals surface area contributed by atoms with E-state index < -0.39 is 0 Å². The van der Waals surface area contributed by atoms with Crippen molar-refractivity contribution in [3.63, 3.8) is 0 Å². The summed E-state index contributed by atoms with van der Waals surface area (Å²) in [5, 5.41) is 0. The van der Waals surface area contributed by atoms with Crippen LogP contribution >= 0.6 is 0 Å². The van der Waals surface area contributed by atoms with Gasteiger partial charge in [-0.2, -0.15) is 0 Å². The Kier molecular flexibility index (Phi) is 5.38. The van der Waals surface area contributed by atoms with E-state index in [1.165, 1.54) is 42.4 Å². The first-order valence-electron chi connectivity index (χ1n) is 9.09. The van der Waals surface area contributed by atoms with Crippen molar-refractivity contribution in [1.82, 2.24) is 0 Å². The molecule has 0 N–H and O–H groups in total. The average Bonchev–Trinajstić information content (AvgIpc) is 2.61. The second-order valence-corrected chi connectivity index (χ2v) is 6.95. The largest absolute Gasteiger partial charge is 0.494 e. The van der Waals surface area contributed by atoms with Gasteiger partial charge in [-0.05, 0) is 59.9 Å². The third-order valence-electron chi connectivity index (χ3n) is 5.06. The van der Waals surface area contributed by atoms with Gasteiger partial charge in [-0.3, -0.25) is 0 Å². The Bertz CT molecular complexity index is 589. The molecule has 1 fully saturated rings. The van der Waals surface area contributed by atoms with Crippen LogP contribution in [0.5, 0.6) is 5.75 Å². The van der Waals surface area contributed by atoms with Gasteiger partial charge < -0.3 is 4.74 Å². The summed E-state index contributed by atoms with van der Waals surface area (Å²) in [4.78, 5) is 0. The minimum Gasteiger partial charge on any atom is -0.494 e. The lowest BCUT2D eigenvalue weighted by Crippen LogP contribution is -2.10. The van der Waals surface area contributed by atoms with Gasteiger partial charge in [-0.15, -0.1) is 0 Å². The minimum atomic E-state index is 0.769. The summed E-state index contributed by atoms with van der Waals surface area (Å²) in [5.74, 6) is 2.65. The number of ether oxygens (including phenoxy) is 1. The van der Waals surface area contributed by atoms with Crippen LogP contribution in [0.25, 0.3) is 11.1 Å². The quantitative estimate of drug-likeness (QED) is 0.618. The first kappa shape index (κ1) is 16.1. The fraction of sp³-hybridized carbons (Fsp3) is 0.455. The molecule has 2 aromatic rings. The Labute approximate surface area is 140 Å². The van der Waals surface area contributed by atoms with Gasteiger partial charge in [0, 0.05) is 0 Å². The molecule has 0 aliphatic heterocycles. The summed E-state index contributed by atoms with van der Waals surface area (Å²) < 4.78 is 5.65. The van der Waals surface area contributed by atoms with E-state index in [1.807, 2.05) is 0 Å². The Morgan fingerprint density at radius 2 is 1.39 bits per heavy atom. The van der Waals surface area contributed by atoms with Gasteiger partial charge in [-0.25, -0.2) is 0 Å². The van der Waals surface area contributed by atoms with Crippen LogP contribution in [0, 0.1) is 5.92 Å². The molecule has 0 amide bonds. The van der Waals surface area contributed by atoms with E-state index in [4.69, 9.17) is 4.74 Å². The highest BCUT2D eigenvalue weighted by Crippen LogP contribution is 2.36. The first-order valence-corrected chi connectivity index (χ1v) is 9.09. The van der Waals surface area contributed by atoms with E-state index in [0.29, 0.717) is 0 Å². The van der Waals surface area contributed by atoms with Crippen molar-refractivity contribution in [2.45, 2.75) is 51.9 Å². The van der Waals surface area contributed by atoms with Crippen molar-refractivity contribution < 1.29 is 4.74 Å². The molecule has 1 nitrogen and oxygen atoms in total. The van der Waals surface area contributed by atoms with Gasteiger partial charge in [-0.1, -0.05) is 63.1 Å². The molecule has 1 heteroatoms. The molecule has 1 aliphatic carbocycles. The lowest BCUT2D eigenvalue weighted by molar-refractivity contribution is 0.317. The van der Waals surface area contributed by atoms with Crippen LogP contribution < -0.4 is 4.74 Å². The highest BCUT2D eigenvalue weighted by Gasteiger charge is 2.19. The maximum Gasteiger partial charge on any atom is 0.119 e. The number of benzene rings is 2. The van der Waals surface area contributed by atoms with Crippen LogP contribution in [0.3, 0.4) is 0 Å². The highest BCUT2D eigenvalue weighted by atomic mass is 16.5. The summed E-state index contributed by atoms with van der Waals surface area (Å²) in [6.45, 7) is 5.30. The van der Waals surface area contributed by atoms with E-state index in [1.54, 1.807) is 0 Å². The molecule has 0 saturated heterocycles. The Hall–Kier alpha value is -1.76. The topological polar surface area (TPSA) is 9.23 Å². The van der Waals surface area contributed by atoms with Crippen molar-refractivity contribution in [2.24, 2.45) is 5.92 Å². The van der Waals surface area contributed by atoms with Crippen LogP contribution in [0.2, 0.25) is 0 Å². The Morgan fingerprint density at radius 1 is 0.826 bits per heavy atom. The Morgan fingerprint density at radius 3 is 1.96 bits per heavy atom. The summed E-state index contributed by atoms with van der Waals surface area (Å²) in [5.41, 5.74) is 4.07. The zero-order valence-corrected chi connectivity index (χ0v) is 14.4. The second-order valence-electron chi connectivity index (χ2n) is 6.95. The van der Waals surface area contributed by atoms with E-state index in [-0.39, 0.29) is 0 Å². The minimum absolute atomic E-state index is 0.769. The van der Waals surface area contributed by atoms with Gasteiger partial charge >= 0.3 is 0 Å². The third-order valence-corrected chi connectivity index (χ3v) is 5.06. The fourth-order valence-corrected chi connectivity index (χ4v) is 3.50. The molecule has 0 spiro atoms. The summed E-state index contributed by atoms with van der Waals surface area (Å²) in [7, 11) is 0. The second kappa shape index (κ2) is 7.68. The molecule has 0 heterocycles. The molecule has 0 bridgehead atoms. The SMILES string of the molecule is CCCOc1ccc(-c2ccc(C3CCC(C)CC3)cc2)cc1. The number of hydrogen-bond donors (Lipinski definition) is 0. The average molecular weight is 308 g/mol. The normalized spacial score (nSPS) is 21.1. The predicted octanol–water partition coefficient (Wildman–Crippen LogP) is 6.44. The number of rotatable bonds is 5. The highest BCUT2D eigenvalue weighted by molar-refractivity contribution is 5.64. The smallest absolute Gasteiger partial charge is 0.119 e. The molecule has 122 valence electrons. The van der Waals surface area contributed by atoms with Gasteiger partial charge in [0.2, 0.25) is 0 Å². The Balaban J connectivity index is 1.67. The number of hydrogen-bond acceptors (Lipinski definition) is 1. The molecule has 23 heavy (non-hydrogen) atoms. The van der Waals surface area contributed by atoms with Gasteiger partial charge in [0.1, 0.15) is 5.75 Å². The van der Waals surface area contributed by atoms with Crippen LogP contribution in [-0.2, 0) is 0 Å². The van der Waals surface area contributed by atoms with Gasteiger partial charge in [0.05, 0.1) is 6.61 Å². The molecule has 1 saturated carbocycles. The monoisotopic (exact) mass is 308 g/mol. The van der Waals surface area contributed by atoms with Crippen molar-refractivity contribution in [2.75, 3.05) is 6.61 Å². The standard InChI is InChI=1S/C22H28O/c1-3-16-23-22-14-12-21(13-15-22)20-10-8-19(9-11-20)18-6-4-17(2)5-7-18/h8-15,17-18H,3-7,16H2,1-2H3. The van der Waals surface area contributed by atoms with Crippen molar-refractivity contribution >= 4 is 0 Å². The van der Waals surface area contributed by atoms with E-state index >= 15 is 0 Å². The molecular weight excluding hydrogens is 280 g/mol. The van der Waals surface area contributed by atoms with Crippen LogP contribution in [0.4, 0.5) is 0 Å². The van der Waals surface area contributed by atoms with Crippen molar-refractivity contribution in [1.29, 1.82) is 0 Å². The summed E-state index contributed by atoms with van der Waals surface area (Å²) in [6.07, 6.45) is 6.51. The fourth-order valence-electron chi connectivity index (χ4n) is 3.50. The van der Waals surface area contributed by atoms with E-state index in [0.717, 1.165) is 30.6 Å². The summed E-state index contributed by atoms with van der Waals surface area (Å²) >= 11 is 0. The third kappa shape index (κ3) is 4.16. The zero-order valence-electron chi connectivity index (χ0n) is 14.4.